The average Bonchev–Trinajstić information content (AvgIpc) is 3.27. The first kappa shape index (κ1) is 18.4. The van der Waals surface area contributed by atoms with Gasteiger partial charge in [-0.05, 0) is 72.8 Å². The molecule has 4 aliphatic carbocycles. The smallest absolute Gasteiger partial charge is 0.210 e. The molecule has 0 spiro atoms. The number of alkyl halides is 1. The molecule has 0 saturated heterocycles. The summed E-state index contributed by atoms with van der Waals surface area (Å²) in [5.74, 6) is 0.422. The summed E-state index contributed by atoms with van der Waals surface area (Å²) in [6.07, 6.45) is 9.97. The normalized spacial score (nSPS) is 45.0. The molecule has 0 unspecified atom stereocenters. The van der Waals surface area contributed by atoms with Gasteiger partial charge in [0.25, 0.3) is 0 Å². The standard InChI is InChI=1S/C21H29FN4O2/c1-20-8-6-15-14-7-9-21(22,28)10-13(14)2-3-16(15)17(20)4-5-18(20)19(27)11-26-24-12-23-25-26/h2,12,14-18,28H,3-11H2,1H3/t14-,15+,16+,17-,18+,20-,21+/m0/s1. The summed E-state index contributed by atoms with van der Waals surface area (Å²) in [7, 11) is 0. The van der Waals surface area contributed by atoms with Gasteiger partial charge in [-0.1, -0.05) is 18.6 Å². The predicted molar refractivity (Wildman–Crippen MR) is 99.5 cm³/mol. The van der Waals surface area contributed by atoms with Crippen molar-refractivity contribution < 1.29 is 14.3 Å². The molecule has 7 heteroatoms. The highest BCUT2D eigenvalue weighted by atomic mass is 19.2. The first-order valence-corrected chi connectivity index (χ1v) is 10.7. The monoisotopic (exact) mass is 388 g/mol. The average molecular weight is 388 g/mol. The third-order valence-corrected chi connectivity index (χ3v) is 8.53. The number of nitrogens with zero attached hydrogens (tertiary/aromatic N) is 4. The Balaban J connectivity index is 1.35. The van der Waals surface area contributed by atoms with Crippen LogP contribution < -0.4 is 0 Å². The molecule has 0 amide bonds. The van der Waals surface area contributed by atoms with Gasteiger partial charge in [-0.15, -0.1) is 10.2 Å². The number of allylic oxidation sites excluding steroid dienone is 1. The molecule has 0 aromatic carbocycles. The second-order valence-electron chi connectivity index (χ2n) is 9.80. The molecule has 0 radical (unpaired) electrons. The Morgan fingerprint density at radius 1 is 1.29 bits per heavy atom. The van der Waals surface area contributed by atoms with Crippen LogP contribution in [0.15, 0.2) is 18.0 Å². The molecule has 3 saturated carbocycles. The summed E-state index contributed by atoms with van der Waals surface area (Å²) in [6.45, 7) is 2.53. The molecular weight excluding hydrogens is 359 g/mol. The van der Waals surface area contributed by atoms with Crippen molar-refractivity contribution >= 4 is 5.78 Å². The largest absolute Gasteiger partial charge is 0.361 e. The van der Waals surface area contributed by atoms with Crippen LogP contribution in [-0.2, 0) is 11.3 Å². The van der Waals surface area contributed by atoms with Crippen LogP contribution in [0.5, 0.6) is 0 Å². The van der Waals surface area contributed by atoms with Crippen LogP contribution in [-0.4, -0.2) is 37.0 Å². The molecule has 1 N–H and O–H groups in total. The number of ketones is 1. The predicted octanol–water partition coefficient (Wildman–Crippen LogP) is 3.09. The topological polar surface area (TPSA) is 80.9 Å². The number of tetrazole rings is 1. The van der Waals surface area contributed by atoms with E-state index in [2.05, 4.69) is 28.4 Å². The minimum atomic E-state index is -2.02. The number of Topliss-reactive ketones (excluding diaryl/α,β-unsaturated/α-hetero) is 1. The zero-order valence-corrected chi connectivity index (χ0v) is 16.4. The number of hydrogen-bond acceptors (Lipinski definition) is 5. The first-order chi connectivity index (χ1) is 13.4. The molecule has 152 valence electrons. The van der Waals surface area contributed by atoms with Gasteiger partial charge in [-0.25, -0.2) is 4.39 Å². The third-order valence-electron chi connectivity index (χ3n) is 8.53. The van der Waals surface area contributed by atoms with Gasteiger partial charge in [0.05, 0.1) is 0 Å². The lowest BCUT2D eigenvalue weighted by Crippen LogP contribution is -2.48. The fourth-order valence-corrected chi connectivity index (χ4v) is 7.29. The van der Waals surface area contributed by atoms with Crippen LogP contribution >= 0.6 is 0 Å². The van der Waals surface area contributed by atoms with Crippen LogP contribution in [0.2, 0.25) is 0 Å². The van der Waals surface area contributed by atoms with Crippen LogP contribution in [0, 0.1) is 35.0 Å². The Labute approximate surface area is 164 Å². The molecule has 1 heterocycles. The lowest BCUT2D eigenvalue weighted by Gasteiger charge is -2.53. The number of carbonyl (C=O) groups excluding carboxylic acids is 1. The molecule has 4 aliphatic rings. The van der Waals surface area contributed by atoms with E-state index in [0.29, 0.717) is 23.7 Å². The Morgan fingerprint density at radius 2 is 2.14 bits per heavy atom. The molecule has 28 heavy (non-hydrogen) atoms. The van der Waals surface area contributed by atoms with Gasteiger partial charge in [-0.3, -0.25) is 4.79 Å². The Kier molecular flexibility index (Phi) is 4.23. The van der Waals surface area contributed by atoms with E-state index in [0.717, 1.165) is 44.1 Å². The van der Waals surface area contributed by atoms with Gasteiger partial charge >= 0.3 is 0 Å². The fourth-order valence-electron chi connectivity index (χ4n) is 7.29. The summed E-state index contributed by atoms with van der Waals surface area (Å²) < 4.78 is 14.1. The van der Waals surface area contributed by atoms with Crippen LogP contribution in [0.1, 0.15) is 58.3 Å². The lowest BCUT2D eigenvalue weighted by atomic mass is 9.51. The molecule has 1 aromatic heterocycles. The zero-order valence-electron chi connectivity index (χ0n) is 16.4. The minimum absolute atomic E-state index is 0.0413. The van der Waals surface area contributed by atoms with Crippen LogP contribution in [0.4, 0.5) is 4.39 Å². The fraction of sp³-hybridized carbons (Fsp3) is 0.810. The van der Waals surface area contributed by atoms with Crippen molar-refractivity contribution in [2.45, 2.75) is 70.7 Å². The Morgan fingerprint density at radius 3 is 2.93 bits per heavy atom. The third kappa shape index (κ3) is 2.85. The van der Waals surface area contributed by atoms with Crippen molar-refractivity contribution in [1.29, 1.82) is 0 Å². The van der Waals surface area contributed by atoms with Crippen molar-refractivity contribution in [3.05, 3.63) is 18.0 Å². The summed E-state index contributed by atoms with van der Waals surface area (Å²) in [5.41, 5.74) is 1.18. The number of fused-ring (bicyclic) bond motifs is 5. The van der Waals surface area contributed by atoms with E-state index in [-0.39, 0.29) is 36.5 Å². The molecular formula is C21H29FN4O2. The van der Waals surface area contributed by atoms with E-state index in [1.807, 2.05) is 0 Å². The summed E-state index contributed by atoms with van der Waals surface area (Å²) in [5, 5.41) is 21.4. The Hall–Kier alpha value is -1.63. The molecule has 1 aromatic rings. The zero-order chi connectivity index (χ0) is 19.5. The SMILES string of the molecule is C[C@]12CC[C@H]3[C@@H](CC=C4C[C@@](O)(F)CC[C@@H]43)[C@@H]1CC[C@@H]2C(=O)Cn1ncnn1. The van der Waals surface area contributed by atoms with Gasteiger partial charge < -0.3 is 5.11 Å². The quantitative estimate of drug-likeness (QED) is 0.805. The van der Waals surface area contributed by atoms with E-state index >= 15 is 0 Å². The van der Waals surface area contributed by atoms with E-state index < -0.39 is 5.85 Å². The van der Waals surface area contributed by atoms with Gasteiger partial charge in [-0.2, -0.15) is 4.80 Å². The highest BCUT2D eigenvalue weighted by molar-refractivity contribution is 5.81. The second-order valence-corrected chi connectivity index (χ2v) is 9.80. The second kappa shape index (κ2) is 6.44. The maximum atomic E-state index is 14.1. The highest BCUT2D eigenvalue weighted by Crippen LogP contribution is 2.63. The van der Waals surface area contributed by atoms with Gasteiger partial charge in [0.15, 0.2) is 12.1 Å². The van der Waals surface area contributed by atoms with Crippen molar-refractivity contribution in [3.8, 4) is 0 Å². The molecule has 3 fully saturated rings. The van der Waals surface area contributed by atoms with E-state index in [1.165, 1.54) is 11.1 Å². The molecule has 5 rings (SSSR count). The van der Waals surface area contributed by atoms with E-state index in [1.54, 1.807) is 0 Å². The number of carbonyl (C=O) groups is 1. The van der Waals surface area contributed by atoms with Gasteiger partial charge in [0.1, 0.15) is 6.54 Å². The number of aliphatic hydroxyl groups is 1. The number of rotatable bonds is 3. The van der Waals surface area contributed by atoms with Gasteiger partial charge in [0, 0.05) is 18.8 Å². The Bertz CT molecular complexity index is 792. The first-order valence-electron chi connectivity index (χ1n) is 10.7. The molecule has 7 atom stereocenters. The highest BCUT2D eigenvalue weighted by Gasteiger charge is 2.57. The summed E-state index contributed by atoms with van der Waals surface area (Å²) >= 11 is 0. The minimum Gasteiger partial charge on any atom is -0.361 e. The number of halogens is 1. The van der Waals surface area contributed by atoms with Crippen molar-refractivity contribution in [2.75, 3.05) is 0 Å². The van der Waals surface area contributed by atoms with Crippen LogP contribution in [0.3, 0.4) is 0 Å². The van der Waals surface area contributed by atoms with Crippen LogP contribution in [0.25, 0.3) is 0 Å². The van der Waals surface area contributed by atoms with Crippen molar-refractivity contribution in [1.82, 2.24) is 20.2 Å². The summed E-state index contributed by atoms with van der Waals surface area (Å²) in [4.78, 5) is 14.4. The molecule has 0 bridgehead atoms. The molecule has 6 nitrogen and oxygen atoms in total. The summed E-state index contributed by atoms with van der Waals surface area (Å²) in [6, 6.07) is 0. The number of hydrogen-bond donors (Lipinski definition) is 1. The van der Waals surface area contributed by atoms with Crippen molar-refractivity contribution in [2.24, 2.45) is 35.0 Å². The van der Waals surface area contributed by atoms with Gasteiger partial charge in [0.2, 0.25) is 5.85 Å². The van der Waals surface area contributed by atoms with E-state index in [9.17, 15) is 14.3 Å². The van der Waals surface area contributed by atoms with E-state index in [4.69, 9.17) is 0 Å². The van der Waals surface area contributed by atoms with Crippen molar-refractivity contribution in [3.63, 3.8) is 0 Å². The molecule has 0 aliphatic heterocycles. The lowest BCUT2D eigenvalue weighted by molar-refractivity contribution is -0.132. The maximum absolute atomic E-state index is 14.1. The maximum Gasteiger partial charge on any atom is 0.210 e. The number of aromatic nitrogens is 4.